The Hall–Kier alpha value is -3.64. The SMILES string of the molecule is CC[C@H](C)[C@H]1CN[C@@H](C2CC2)C(C)NCC2[C@@H](C(=O)N3CCCCC3)C(C)N2[C@@H](C(C)C)C(C)NC2(CCCC2)CNCCNC=CC(CCc2ccc(C(F)(F)F)c(Cl)c2)=NC=CN(C)C=C(CC2CCCCC2)N(C)C=C2CCCN2[C@@H](C)C(C)N1. The molecule has 11 atom stereocenters. The molecular formula is C71H118ClF3N12O. The minimum absolute atomic E-state index is 0.0324. The molecule has 1 spiro atoms. The lowest BCUT2D eigenvalue weighted by Crippen LogP contribution is -2.76. The van der Waals surface area contributed by atoms with Gasteiger partial charge in [0.15, 0.2) is 0 Å². The highest BCUT2D eigenvalue weighted by atomic mass is 35.5. The number of aliphatic imine (C=N–C) groups is 1. The minimum atomic E-state index is -4.51. The molecule has 496 valence electrons. The molecule has 3 saturated carbocycles. The number of carbonyl (C=O) groups excluding carboxylic acids is 1. The number of piperidine rings is 1. The quantitative estimate of drug-likeness (QED) is 0.134. The summed E-state index contributed by atoms with van der Waals surface area (Å²) in [6.45, 7) is 28.3. The molecule has 3 aliphatic carbocycles. The van der Waals surface area contributed by atoms with Gasteiger partial charge in [-0.1, -0.05) is 96.7 Å². The van der Waals surface area contributed by atoms with E-state index in [1.807, 2.05) is 24.7 Å². The van der Waals surface area contributed by atoms with Crippen molar-refractivity contribution in [3.63, 3.8) is 0 Å². The van der Waals surface area contributed by atoms with Crippen molar-refractivity contribution in [3.8, 4) is 0 Å². The first-order chi connectivity index (χ1) is 42.2. The summed E-state index contributed by atoms with van der Waals surface area (Å²) in [5.74, 6) is 2.48. The number of nitrogens with zero attached hydrogens (tertiary/aromatic N) is 6. The fraction of sp³-hybridized carbons (Fsp3) is 0.775. The summed E-state index contributed by atoms with van der Waals surface area (Å²) in [7, 11) is 4.31. The first-order valence-corrected chi connectivity index (χ1v) is 35.4. The van der Waals surface area contributed by atoms with E-state index in [9.17, 15) is 18.0 Å². The van der Waals surface area contributed by atoms with Crippen LogP contribution in [0, 0.1) is 29.6 Å². The Morgan fingerprint density at radius 1 is 0.818 bits per heavy atom. The largest absolute Gasteiger partial charge is 0.417 e. The summed E-state index contributed by atoms with van der Waals surface area (Å²) in [5.41, 5.74) is 3.34. The second-order valence-corrected chi connectivity index (χ2v) is 29.1. The zero-order valence-electron chi connectivity index (χ0n) is 56.2. The normalized spacial score (nSPS) is 31.1. The van der Waals surface area contributed by atoms with Crippen LogP contribution in [0.2, 0.25) is 5.02 Å². The number of aryl methyl sites for hydroxylation is 1. The fourth-order valence-corrected chi connectivity index (χ4v) is 16.4. The number of allylic oxidation sites excluding steroid dienone is 3. The number of alkyl halides is 3. The highest BCUT2D eigenvalue weighted by Crippen LogP contribution is 2.42. The molecule has 7 aliphatic rings. The van der Waals surface area contributed by atoms with E-state index in [2.05, 4.69) is 145 Å². The topological polar surface area (TPSA) is 118 Å². The van der Waals surface area contributed by atoms with Gasteiger partial charge in [0.2, 0.25) is 5.91 Å². The minimum Gasteiger partial charge on any atom is -0.390 e. The lowest BCUT2D eigenvalue weighted by molar-refractivity contribution is -0.162. The van der Waals surface area contributed by atoms with E-state index < -0.39 is 11.7 Å². The number of benzene rings is 1. The zero-order chi connectivity index (χ0) is 63.1. The summed E-state index contributed by atoms with van der Waals surface area (Å²) in [4.78, 5) is 31.9. The van der Waals surface area contributed by atoms with Crippen LogP contribution in [0.1, 0.15) is 195 Å². The third-order valence-corrected chi connectivity index (χ3v) is 22.0. The highest BCUT2D eigenvalue weighted by molar-refractivity contribution is 6.31. The average molecular weight is 1250 g/mol. The Labute approximate surface area is 535 Å². The molecule has 6 fully saturated rings. The summed E-state index contributed by atoms with van der Waals surface area (Å²) < 4.78 is 41.0. The maximum Gasteiger partial charge on any atom is 0.417 e. The Balaban J connectivity index is 1.07. The summed E-state index contributed by atoms with van der Waals surface area (Å²) in [6.07, 6.45) is 30.2. The van der Waals surface area contributed by atoms with Gasteiger partial charge in [-0.2, -0.15) is 13.2 Å². The second kappa shape index (κ2) is 33.3. The number of carbonyl (C=O) groups is 1. The summed E-state index contributed by atoms with van der Waals surface area (Å²) >= 11 is 6.20. The Morgan fingerprint density at radius 2 is 1.55 bits per heavy atom. The summed E-state index contributed by atoms with van der Waals surface area (Å²) in [6, 6.07) is 6.19. The lowest BCUT2D eigenvalue weighted by Gasteiger charge is -2.60. The molecule has 0 aromatic heterocycles. The molecule has 8 rings (SSSR count). The van der Waals surface area contributed by atoms with E-state index in [0.717, 1.165) is 115 Å². The molecule has 88 heavy (non-hydrogen) atoms. The number of rotatable bonds is 10. The molecule has 3 saturated heterocycles. The van der Waals surface area contributed by atoms with E-state index in [1.54, 1.807) is 0 Å². The number of halogens is 4. The molecule has 5 unspecified atom stereocenters. The molecule has 13 nitrogen and oxygen atoms in total. The van der Waals surface area contributed by atoms with Crippen LogP contribution in [0.15, 0.2) is 71.7 Å². The van der Waals surface area contributed by atoms with Crippen molar-refractivity contribution in [2.45, 2.75) is 257 Å². The van der Waals surface area contributed by atoms with Gasteiger partial charge in [-0.3, -0.25) is 14.7 Å². The second-order valence-electron chi connectivity index (χ2n) is 28.7. The average Bonchev–Trinajstić information content (AvgIpc) is 1.22. The Kier molecular flexibility index (Phi) is 26.6. The van der Waals surface area contributed by atoms with Crippen LogP contribution in [0.3, 0.4) is 0 Å². The standard InChI is InChI=1S/C71H118ClF3N12O/c1-12-50(4)64-44-80-67(58-27-28-58)52(6)79-45-65-66(69(88)85-38-19-14-20-39-85)55(9)87(65)68(49(2)3)53(7)82-70(32-17-18-33-70)48-77-36-35-76-34-31-59(29-25-57-26-30-62(63(72)43-57)71(73,74)75)78-37-41-83(10)46-61(42-56-22-15-13-16-23-56)84(11)47-60-24-21-40-86(60)54(8)51(5)81-64/h26,30-31,34,37,41,43,46-47,49-56,58,64-68,76-77,79-82H,12-25,27-29,32-33,35-36,38-40,42,44-45,48H2,1-11H3/t50-,51?,52?,53?,54-,55?,64+,65?,66-,67+,68-/m0/s1. The van der Waals surface area contributed by atoms with E-state index in [0.29, 0.717) is 67.1 Å². The predicted octanol–water partition coefficient (Wildman–Crippen LogP) is 12.7. The Morgan fingerprint density at radius 3 is 2.23 bits per heavy atom. The van der Waals surface area contributed by atoms with Gasteiger partial charge in [-0.05, 0) is 165 Å². The van der Waals surface area contributed by atoms with Gasteiger partial charge in [-0.15, -0.1) is 0 Å². The molecule has 6 N–H and O–H groups in total. The molecule has 17 heteroatoms. The highest BCUT2D eigenvalue weighted by Gasteiger charge is 2.55. The third-order valence-electron chi connectivity index (χ3n) is 21.7. The number of nitrogens with one attached hydrogen (secondary N) is 6. The van der Waals surface area contributed by atoms with Gasteiger partial charge >= 0.3 is 6.18 Å². The zero-order valence-corrected chi connectivity index (χ0v) is 56.9. The maximum atomic E-state index is 14.8. The maximum absolute atomic E-state index is 14.8. The number of likely N-dealkylation sites (tertiary alicyclic amines) is 1. The molecule has 4 heterocycles. The van der Waals surface area contributed by atoms with Gasteiger partial charge in [0.25, 0.3) is 0 Å². The van der Waals surface area contributed by atoms with E-state index in [-0.39, 0.29) is 52.7 Å². The van der Waals surface area contributed by atoms with Crippen LogP contribution in [0.5, 0.6) is 0 Å². The van der Waals surface area contributed by atoms with E-state index >= 15 is 0 Å². The number of fused-ring (bicyclic) bond motifs is 2. The van der Waals surface area contributed by atoms with Crippen LogP contribution >= 0.6 is 11.6 Å². The third kappa shape index (κ3) is 19.2. The molecule has 1 amide bonds. The van der Waals surface area contributed by atoms with Gasteiger partial charge in [0, 0.05) is 168 Å². The summed E-state index contributed by atoms with van der Waals surface area (Å²) in [5, 5.41) is 24.0. The molecule has 1 aromatic rings. The molecule has 1 aromatic carbocycles. The molecular weight excluding hydrogens is 1130 g/mol. The van der Waals surface area contributed by atoms with Gasteiger partial charge in [-0.25, -0.2) is 0 Å². The lowest BCUT2D eigenvalue weighted by atomic mass is 9.74. The van der Waals surface area contributed by atoms with Crippen molar-refractivity contribution >= 4 is 23.2 Å². The van der Waals surface area contributed by atoms with Gasteiger partial charge < -0.3 is 51.5 Å². The number of hydrogen-bond donors (Lipinski definition) is 6. The van der Waals surface area contributed by atoms with Crippen LogP contribution in [-0.4, -0.2) is 162 Å². The van der Waals surface area contributed by atoms with Crippen LogP contribution in [-0.2, 0) is 17.4 Å². The van der Waals surface area contributed by atoms with Crippen molar-refractivity contribution in [1.29, 1.82) is 0 Å². The fourth-order valence-electron chi connectivity index (χ4n) is 16.1. The first-order valence-electron chi connectivity index (χ1n) is 35.1. The van der Waals surface area contributed by atoms with Crippen molar-refractivity contribution in [2.75, 3.05) is 66.5 Å². The van der Waals surface area contributed by atoms with Crippen molar-refractivity contribution in [1.82, 2.24) is 56.4 Å². The van der Waals surface area contributed by atoms with Crippen molar-refractivity contribution < 1.29 is 18.0 Å². The Bertz CT molecular complexity index is 2480. The van der Waals surface area contributed by atoms with Gasteiger partial charge in [0.1, 0.15) is 0 Å². The molecule has 0 bridgehead atoms. The first kappa shape index (κ1) is 70.2. The predicted molar refractivity (Wildman–Crippen MR) is 359 cm³/mol. The van der Waals surface area contributed by atoms with Crippen molar-refractivity contribution in [3.05, 3.63) is 82.8 Å². The molecule has 4 aliphatic heterocycles. The number of amides is 1. The van der Waals surface area contributed by atoms with Crippen LogP contribution in [0.4, 0.5) is 13.2 Å². The van der Waals surface area contributed by atoms with E-state index in [4.69, 9.17) is 16.6 Å². The van der Waals surface area contributed by atoms with Crippen LogP contribution < -0.4 is 31.9 Å². The smallest absolute Gasteiger partial charge is 0.390 e. The van der Waals surface area contributed by atoms with E-state index in [1.165, 1.54) is 87.7 Å². The van der Waals surface area contributed by atoms with Crippen LogP contribution in [0.25, 0.3) is 0 Å². The van der Waals surface area contributed by atoms with Gasteiger partial charge in [0.05, 0.1) is 16.5 Å². The monoisotopic (exact) mass is 1250 g/mol. The van der Waals surface area contributed by atoms with Crippen molar-refractivity contribution in [2.24, 2.45) is 34.6 Å². The molecule has 0 radical (unpaired) electrons. The number of hydrogen-bond acceptors (Lipinski definition) is 12.